The molecular formula is C26H34N4O4. The van der Waals surface area contributed by atoms with E-state index in [1.807, 2.05) is 59.7 Å². The third-order valence-corrected chi connectivity index (χ3v) is 5.52. The molecule has 2 aromatic rings. The van der Waals surface area contributed by atoms with E-state index in [1.165, 1.54) is 9.80 Å². The Kier molecular flexibility index (Phi) is 7.19. The van der Waals surface area contributed by atoms with Crippen LogP contribution in [0.1, 0.15) is 56.6 Å². The maximum atomic E-state index is 13.3. The average Bonchev–Trinajstić information content (AvgIpc) is 3.20. The fourth-order valence-electron chi connectivity index (χ4n) is 3.79. The molecule has 1 aliphatic rings. The second-order valence-electron chi connectivity index (χ2n) is 9.81. The molecule has 1 unspecified atom stereocenters. The number of para-hydroxylation sites is 1. The highest BCUT2D eigenvalue weighted by molar-refractivity contribution is 6.42. The predicted molar refractivity (Wildman–Crippen MR) is 134 cm³/mol. The molecule has 3 rings (SSSR count). The highest BCUT2D eigenvalue weighted by atomic mass is 16.6. The lowest BCUT2D eigenvalue weighted by molar-refractivity contribution is -0.112. The van der Waals surface area contributed by atoms with Crippen LogP contribution in [0.4, 0.5) is 15.3 Å². The second kappa shape index (κ2) is 9.75. The second-order valence-corrected chi connectivity index (χ2v) is 9.81. The van der Waals surface area contributed by atoms with E-state index in [9.17, 15) is 14.4 Å². The van der Waals surface area contributed by atoms with Crippen molar-refractivity contribution >= 4 is 35.4 Å². The number of fused-ring (bicyclic) bond motifs is 1. The highest BCUT2D eigenvalue weighted by Crippen LogP contribution is 2.38. The Morgan fingerprint density at radius 1 is 1.24 bits per heavy atom. The zero-order valence-corrected chi connectivity index (χ0v) is 21.0. The Bertz CT molecular complexity index is 1130. The standard InChI is InChI=1S/C26H34N4O4/c1-16-14-18(3)27-21(16)15-20-19-10-8-9-11-22(19)30(23(20)31)24(32)28-17(2)12-13-29(7)25(33)34-26(4,5)6/h8-11,14-15,17,27H,12-13H2,1-7H3,(H,28,32)/b20-15-. The fourth-order valence-corrected chi connectivity index (χ4v) is 3.79. The van der Waals surface area contributed by atoms with Gasteiger partial charge < -0.3 is 19.9 Å². The third kappa shape index (κ3) is 5.68. The van der Waals surface area contributed by atoms with Gasteiger partial charge in [-0.25, -0.2) is 14.5 Å². The summed E-state index contributed by atoms with van der Waals surface area (Å²) in [5.41, 5.74) is 4.03. The van der Waals surface area contributed by atoms with Crippen molar-refractivity contribution in [2.45, 2.75) is 59.6 Å². The quantitative estimate of drug-likeness (QED) is 0.615. The number of rotatable bonds is 5. The van der Waals surface area contributed by atoms with Gasteiger partial charge in [-0.15, -0.1) is 0 Å². The topological polar surface area (TPSA) is 94.7 Å². The van der Waals surface area contributed by atoms with Crippen LogP contribution >= 0.6 is 0 Å². The van der Waals surface area contributed by atoms with Gasteiger partial charge in [-0.3, -0.25) is 4.79 Å². The number of urea groups is 1. The molecule has 0 saturated heterocycles. The van der Waals surface area contributed by atoms with Crippen LogP contribution in [0.5, 0.6) is 0 Å². The van der Waals surface area contributed by atoms with Crippen molar-refractivity contribution in [3.63, 3.8) is 0 Å². The molecule has 8 heteroatoms. The van der Waals surface area contributed by atoms with Gasteiger partial charge in [0.1, 0.15) is 5.60 Å². The lowest BCUT2D eigenvalue weighted by Crippen LogP contribution is -2.46. The zero-order valence-electron chi connectivity index (χ0n) is 21.0. The monoisotopic (exact) mass is 466 g/mol. The summed E-state index contributed by atoms with van der Waals surface area (Å²) in [5, 5.41) is 2.89. The molecule has 2 heterocycles. The number of aromatic amines is 1. The first-order chi connectivity index (χ1) is 15.9. The van der Waals surface area contributed by atoms with E-state index in [0.717, 1.165) is 17.0 Å². The Labute approximate surface area is 201 Å². The van der Waals surface area contributed by atoms with Gasteiger partial charge >= 0.3 is 12.1 Å². The van der Waals surface area contributed by atoms with Gasteiger partial charge in [0.2, 0.25) is 0 Å². The number of H-pyrrole nitrogens is 1. The fraction of sp³-hybridized carbons (Fsp3) is 0.423. The molecule has 1 aromatic heterocycles. The highest BCUT2D eigenvalue weighted by Gasteiger charge is 2.37. The van der Waals surface area contributed by atoms with Crippen LogP contribution in [0, 0.1) is 13.8 Å². The number of aromatic nitrogens is 1. The summed E-state index contributed by atoms with van der Waals surface area (Å²) < 4.78 is 5.36. The molecule has 1 aromatic carbocycles. The van der Waals surface area contributed by atoms with Crippen molar-refractivity contribution < 1.29 is 19.1 Å². The molecule has 0 bridgehead atoms. The average molecular weight is 467 g/mol. The molecule has 0 radical (unpaired) electrons. The molecule has 4 amide bonds. The molecule has 2 N–H and O–H groups in total. The lowest BCUT2D eigenvalue weighted by atomic mass is 10.1. The number of aryl methyl sites for hydroxylation is 2. The van der Waals surface area contributed by atoms with Gasteiger partial charge in [-0.1, -0.05) is 18.2 Å². The van der Waals surface area contributed by atoms with Crippen LogP contribution in [-0.4, -0.2) is 53.2 Å². The van der Waals surface area contributed by atoms with Gasteiger partial charge in [0, 0.05) is 36.6 Å². The molecule has 0 saturated carbocycles. The largest absolute Gasteiger partial charge is 0.444 e. The van der Waals surface area contributed by atoms with E-state index in [0.29, 0.717) is 29.8 Å². The zero-order chi connectivity index (χ0) is 25.2. The summed E-state index contributed by atoms with van der Waals surface area (Å²) in [7, 11) is 1.66. The van der Waals surface area contributed by atoms with Crippen LogP contribution in [0.2, 0.25) is 0 Å². The Balaban J connectivity index is 1.71. The number of nitrogens with one attached hydrogen (secondary N) is 2. The number of imide groups is 1. The van der Waals surface area contributed by atoms with Crippen molar-refractivity contribution in [2.75, 3.05) is 18.5 Å². The summed E-state index contributed by atoms with van der Waals surface area (Å²) >= 11 is 0. The van der Waals surface area contributed by atoms with Gasteiger partial charge in [0.05, 0.1) is 11.3 Å². The lowest BCUT2D eigenvalue weighted by Gasteiger charge is -2.26. The summed E-state index contributed by atoms with van der Waals surface area (Å²) in [6.45, 7) is 11.6. The van der Waals surface area contributed by atoms with E-state index in [1.54, 1.807) is 25.3 Å². The summed E-state index contributed by atoms with van der Waals surface area (Å²) in [6, 6.07) is 8.52. The number of hydrogen-bond acceptors (Lipinski definition) is 4. The van der Waals surface area contributed by atoms with E-state index < -0.39 is 17.7 Å². The first kappa shape index (κ1) is 25.1. The number of carbonyl (C=O) groups is 3. The molecule has 0 fully saturated rings. The molecule has 34 heavy (non-hydrogen) atoms. The number of ether oxygens (including phenoxy) is 1. The Hall–Kier alpha value is -3.55. The van der Waals surface area contributed by atoms with Crippen LogP contribution in [0.15, 0.2) is 30.3 Å². The number of anilines is 1. The smallest absolute Gasteiger partial charge is 0.410 e. The number of amides is 4. The number of benzene rings is 1. The van der Waals surface area contributed by atoms with Gasteiger partial charge in [0.15, 0.2) is 0 Å². The molecule has 182 valence electrons. The van der Waals surface area contributed by atoms with Crippen LogP contribution < -0.4 is 10.2 Å². The summed E-state index contributed by atoms with van der Waals surface area (Å²) in [6.07, 6.45) is 1.89. The molecular weight excluding hydrogens is 432 g/mol. The number of hydrogen-bond donors (Lipinski definition) is 2. The molecule has 0 spiro atoms. The Morgan fingerprint density at radius 3 is 2.53 bits per heavy atom. The maximum Gasteiger partial charge on any atom is 0.410 e. The SMILES string of the molecule is Cc1cc(C)c(/C=C2\C(=O)N(C(=O)NC(C)CCN(C)C(=O)OC(C)(C)C)c3ccccc32)[nH]1. The predicted octanol–water partition coefficient (Wildman–Crippen LogP) is 4.87. The minimum absolute atomic E-state index is 0.265. The van der Waals surface area contributed by atoms with Gasteiger partial charge in [-0.2, -0.15) is 0 Å². The van der Waals surface area contributed by atoms with Crippen molar-refractivity contribution in [3.05, 3.63) is 52.8 Å². The maximum absolute atomic E-state index is 13.3. The van der Waals surface area contributed by atoms with Gasteiger partial charge in [0.25, 0.3) is 5.91 Å². The van der Waals surface area contributed by atoms with Crippen molar-refractivity contribution in [1.29, 1.82) is 0 Å². The minimum atomic E-state index is -0.572. The normalized spacial score (nSPS) is 15.3. The number of nitrogens with zero attached hydrogens (tertiary/aromatic N) is 2. The molecule has 8 nitrogen and oxygen atoms in total. The van der Waals surface area contributed by atoms with Crippen LogP contribution in [-0.2, 0) is 9.53 Å². The van der Waals surface area contributed by atoms with E-state index in [-0.39, 0.29) is 11.9 Å². The van der Waals surface area contributed by atoms with Crippen molar-refractivity contribution in [1.82, 2.24) is 15.2 Å². The Morgan fingerprint density at radius 2 is 1.91 bits per heavy atom. The van der Waals surface area contributed by atoms with E-state index >= 15 is 0 Å². The summed E-state index contributed by atoms with van der Waals surface area (Å²) in [4.78, 5) is 44.5. The van der Waals surface area contributed by atoms with Crippen molar-refractivity contribution in [3.8, 4) is 0 Å². The third-order valence-electron chi connectivity index (χ3n) is 5.52. The first-order valence-electron chi connectivity index (χ1n) is 11.4. The van der Waals surface area contributed by atoms with E-state index in [4.69, 9.17) is 4.74 Å². The molecule has 1 atom stereocenters. The minimum Gasteiger partial charge on any atom is -0.444 e. The van der Waals surface area contributed by atoms with Crippen LogP contribution in [0.25, 0.3) is 11.6 Å². The first-order valence-corrected chi connectivity index (χ1v) is 11.4. The molecule has 1 aliphatic heterocycles. The van der Waals surface area contributed by atoms with Crippen molar-refractivity contribution in [2.24, 2.45) is 0 Å². The van der Waals surface area contributed by atoms with E-state index in [2.05, 4.69) is 10.3 Å². The van der Waals surface area contributed by atoms with Gasteiger partial charge in [-0.05, 0) is 71.7 Å². The number of carbonyl (C=O) groups excluding carboxylic acids is 3. The van der Waals surface area contributed by atoms with Crippen LogP contribution in [0.3, 0.4) is 0 Å². The summed E-state index contributed by atoms with van der Waals surface area (Å²) in [5.74, 6) is -0.372. The molecule has 0 aliphatic carbocycles.